The van der Waals surface area contributed by atoms with Gasteiger partial charge in [0.2, 0.25) is 0 Å². The largest absolute Gasteiger partial charge is 0.507 e. The highest BCUT2D eigenvalue weighted by molar-refractivity contribution is 5.98. The molecule has 1 amide bonds. The maximum atomic E-state index is 12.0. The molecule has 0 heterocycles. The predicted molar refractivity (Wildman–Crippen MR) is 87.4 cm³/mol. The summed E-state index contributed by atoms with van der Waals surface area (Å²) in [5, 5.41) is 24.4. The summed E-state index contributed by atoms with van der Waals surface area (Å²) in [4.78, 5) is 22.2. The monoisotopic (exact) mass is 329 g/mol. The minimum Gasteiger partial charge on any atom is -0.507 e. The summed E-state index contributed by atoms with van der Waals surface area (Å²) in [5.41, 5.74) is 2.14. The fraction of sp³-hybridized carbons (Fsp3) is 0.125. The first-order chi connectivity index (χ1) is 11.5. The molecule has 0 aliphatic heterocycles. The van der Waals surface area contributed by atoms with E-state index < -0.39 is 10.8 Å². The van der Waals surface area contributed by atoms with E-state index in [0.717, 1.165) is 0 Å². The topological polar surface area (TPSA) is 114 Å². The molecule has 8 nitrogen and oxygen atoms in total. The number of para-hydroxylation sites is 1. The Bertz CT molecular complexity index is 789. The third-order valence-corrected chi connectivity index (χ3v) is 3.03. The fourth-order valence-electron chi connectivity index (χ4n) is 1.93. The lowest BCUT2D eigenvalue weighted by Crippen LogP contribution is -2.18. The van der Waals surface area contributed by atoms with Gasteiger partial charge in [-0.05, 0) is 25.1 Å². The number of phenolic OH excluding ortho intramolecular Hbond substituents is 1. The number of ether oxygens (including phenoxy) is 1. The highest BCUT2D eigenvalue weighted by Gasteiger charge is 2.18. The van der Waals surface area contributed by atoms with Gasteiger partial charge in [-0.2, -0.15) is 5.10 Å². The summed E-state index contributed by atoms with van der Waals surface area (Å²) in [6.45, 7) is 2.30. The van der Waals surface area contributed by atoms with Crippen molar-refractivity contribution >= 4 is 17.8 Å². The summed E-state index contributed by atoms with van der Waals surface area (Å²) in [6.07, 6.45) is 1.23. The number of hydrogen-bond donors (Lipinski definition) is 2. The molecule has 2 rings (SSSR count). The van der Waals surface area contributed by atoms with Gasteiger partial charge in [0.25, 0.3) is 11.6 Å². The second-order valence-electron chi connectivity index (χ2n) is 4.63. The molecule has 2 N–H and O–H groups in total. The molecule has 24 heavy (non-hydrogen) atoms. The number of nitrogens with one attached hydrogen (secondary N) is 1. The average molecular weight is 329 g/mol. The minimum absolute atomic E-state index is 0.0651. The van der Waals surface area contributed by atoms with E-state index in [1.165, 1.54) is 36.5 Å². The number of nitro benzene ring substituents is 1. The van der Waals surface area contributed by atoms with Crippen molar-refractivity contribution in [1.82, 2.24) is 5.43 Å². The van der Waals surface area contributed by atoms with E-state index in [1.54, 1.807) is 12.1 Å². The van der Waals surface area contributed by atoms with E-state index in [1.807, 2.05) is 6.92 Å². The number of nitrogens with zero attached hydrogens (tertiary/aromatic N) is 2. The molecule has 0 atom stereocenters. The van der Waals surface area contributed by atoms with Crippen LogP contribution in [-0.2, 0) is 0 Å². The van der Waals surface area contributed by atoms with Crippen LogP contribution in [0.4, 0.5) is 5.69 Å². The first-order valence-electron chi connectivity index (χ1n) is 7.05. The Kier molecular flexibility index (Phi) is 5.45. The van der Waals surface area contributed by atoms with Crippen LogP contribution in [0.1, 0.15) is 22.8 Å². The Morgan fingerprint density at radius 2 is 2.12 bits per heavy atom. The van der Waals surface area contributed by atoms with Gasteiger partial charge in [0, 0.05) is 17.7 Å². The fourth-order valence-corrected chi connectivity index (χ4v) is 1.93. The van der Waals surface area contributed by atoms with Crippen molar-refractivity contribution < 1.29 is 19.6 Å². The summed E-state index contributed by atoms with van der Waals surface area (Å²) >= 11 is 0. The summed E-state index contributed by atoms with van der Waals surface area (Å²) in [6, 6.07) is 10.2. The van der Waals surface area contributed by atoms with Crippen molar-refractivity contribution in [2.45, 2.75) is 6.92 Å². The van der Waals surface area contributed by atoms with Gasteiger partial charge in [-0.15, -0.1) is 0 Å². The Morgan fingerprint density at radius 3 is 2.79 bits per heavy atom. The summed E-state index contributed by atoms with van der Waals surface area (Å²) in [7, 11) is 0. The van der Waals surface area contributed by atoms with Crippen LogP contribution in [0.15, 0.2) is 47.6 Å². The Labute approximate surface area is 137 Å². The first-order valence-corrected chi connectivity index (χ1v) is 7.05. The number of aromatic hydroxyl groups is 1. The molecule has 0 unspecified atom stereocenters. The van der Waals surface area contributed by atoms with Crippen LogP contribution in [0.3, 0.4) is 0 Å². The summed E-state index contributed by atoms with van der Waals surface area (Å²) < 4.78 is 5.24. The van der Waals surface area contributed by atoms with Gasteiger partial charge < -0.3 is 9.84 Å². The normalized spacial score (nSPS) is 10.5. The lowest BCUT2D eigenvalue weighted by molar-refractivity contribution is -0.385. The highest BCUT2D eigenvalue weighted by atomic mass is 16.6. The van der Waals surface area contributed by atoms with E-state index >= 15 is 0 Å². The molecule has 0 aliphatic rings. The quantitative estimate of drug-likeness (QED) is 0.480. The molecular formula is C16H15N3O5. The van der Waals surface area contributed by atoms with Gasteiger partial charge in [-0.25, -0.2) is 5.43 Å². The number of carbonyl (C=O) groups is 1. The second kappa shape index (κ2) is 7.73. The zero-order chi connectivity index (χ0) is 17.5. The predicted octanol–water partition coefficient (Wildman–Crippen LogP) is 2.46. The molecule has 0 saturated carbocycles. The van der Waals surface area contributed by atoms with Crippen LogP contribution in [-0.4, -0.2) is 28.8 Å². The van der Waals surface area contributed by atoms with E-state index in [0.29, 0.717) is 17.9 Å². The molecule has 0 radical (unpaired) electrons. The lowest BCUT2D eigenvalue weighted by Gasteiger charge is -2.05. The van der Waals surface area contributed by atoms with Crippen LogP contribution < -0.4 is 10.2 Å². The lowest BCUT2D eigenvalue weighted by atomic mass is 10.2. The number of carbonyl (C=O) groups excluding carboxylic acids is 1. The van der Waals surface area contributed by atoms with E-state index in [4.69, 9.17) is 4.74 Å². The first kappa shape index (κ1) is 16.9. The minimum atomic E-state index is -0.719. The third-order valence-electron chi connectivity index (χ3n) is 3.03. The average Bonchev–Trinajstić information content (AvgIpc) is 2.57. The molecule has 0 spiro atoms. The van der Waals surface area contributed by atoms with Gasteiger partial charge in [0.1, 0.15) is 17.1 Å². The van der Waals surface area contributed by atoms with Crippen molar-refractivity contribution in [3.8, 4) is 11.5 Å². The zero-order valence-corrected chi connectivity index (χ0v) is 12.8. The Morgan fingerprint density at radius 1 is 1.38 bits per heavy atom. The van der Waals surface area contributed by atoms with Crippen LogP contribution in [0.2, 0.25) is 0 Å². The molecule has 0 aromatic heterocycles. The molecular weight excluding hydrogens is 314 g/mol. The number of hydrazone groups is 1. The number of rotatable bonds is 6. The number of amides is 1. The van der Waals surface area contributed by atoms with Crippen molar-refractivity contribution in [3.63, 3.8) is 0 Å². The number of phenols is 1. The number of benzene rings is 2. The van der Waals surface area contributed by atoms with Crippen LogP contribution in [0.5, 0.6) is 11.5 Å². The molecule has 2 aromatic carbocycles. The van der Waals surface area contributed by atoms with Gasteiger partial charge >= 0.3 is 0 Å². The molecule has 124 valence electrons. The van der Waals surface area contributed by atoms with E-state index in [-0.39, 0.29) is 17.0 Å². The highest BCUT2D eigenvalue weighted by Crippen LogP contribution is 2.22. The zero-order valence-electron chi connectivity index (χ0n) is 12.8. The third kappa shape index (κ3) is 4.07. The maximum absolute atomic E-state index is 12.0. The Balaban J connectivity index is 2.09. The molecule has 0 bridgehead atoms. The molecule has 2 aromatic rings. The van der Waals surface area contributed by atoms with Crippen molar-refractivity contribution in [3.05, 3.63) is 63.7 Å². The molecule has 0 aliphatic carbocycles. The molecule has 8 heteroatoms. The van der Waals surface area contributed by atoms with Crippen molar-refractivity contribution in [2.75, 3.05) is 6.61 Å². The summed E-state index contributed by atoms with van der Waals surface area (Å²) in [5.74, 6) is -0.273. The van der Waals surface area contributed by atoms with Gasteiger partial charge in [-0.1, -0.05) is 12.1 Å². The SMILES string of the molecule is CCOc1ccc(/C=N/NC(=O)c2ccccc2[N+](=O)[O-])c(O)c1. The second-order valence-corrected chi connectivity index (χ2v) is 4.63. The van der Waals surface area contributed by atoms with Crippen LogP contribution >= 0.6 is 0 Å². The van der Waals surface area contributed by atoms with Gasteiger partial charge in [0.15, 0.2) is 0 Å². The van der Waals surface area contributed by atoms with Crippen molar-refractivity contribution in [2.24, 2.45) is 5.10 Å². The van der Waals surface area contributed by atoms with Crippen molar-refractivity contribution in [1.29, 1.82) is 0 Å². The molecule has 0 saturated heterocycles. The maximum Gasteiger partial charge on any atom is 0.282 e. The van der Waals surface area contributed by atoms with Gasteiger partial charge in [0.05, 0.1) is 17.7 Å². The van der Waals surface area contributed by atoms with Crippen LogP contribution in [0.25, 0.3) is 0 Å². The van der Waals surface area contributed by atoms with E-state index in [9.17, 15) is 20.0 Å². The standard InChI is InChI=1S/C16H15N3O5/c1-2-24-12-8-7-11(15(20)9-12)10-17-18-16(21)13-5-3-4-6-14(13)19(22)23/h3-10,20H,2H2,1H3,(H,18,21)/b17-10+. The number of nitro groups is 1. The number of hydrogen-bond acceptors (Lipinski definition) is 6. The Hall–Kier alpha value is -3.42. The molecule has 0 fully saturated rings. The van der Waals surface area contributed by atoms with Crippen LogP contribution in [0, 0.1) is 10.1 Å². The smallest absolute Gasteiger partial charge is 0.282 e. The van der Waals surface area contributed by atoms with Gasteiger partial charge in [-0.3, -0.25) is 14.9 Å². The van der Waals surface area contributed by atoms with E-state index in [2.05, 4.69) is 10.5 Å².